The Hall–Kier alpha value is -1.10. The molecule has 0 aliphatic rings. The monoisotopic (exact) mass is 241 g/mol. The maximum atomic E-state index is 11.7. The summed E-state index contributed by atoms with van der Waals surface area (Å²) in [7, 11) is 0. The highest BCUT2D eigenvalue weighted by Crippen LogP contribution is 2.11. The van der Waals surface area contributed by atoms with Crippen molar-refractivity contribution < 1.29 is 4.79 Å². The van der Waals surface area contributed by atoms with E-state index >= 15 is 0 Å². The van der Waals surface area contributed by atoms with E-state index in [4.69, 9.17) is 5.73 Å². The Morgan fingerprint density at radius 1 is 1.62 bits per heavy atom. The molecule has 4 nitrogen and oxygen atoms in total. The number of nitrogen functional groups attached to an aromatic ring is 1. The van der Waals surface area contributed by atoms with Gasteiger partial charge in [0.1, 0.15) is 5.69 Å². The lowest BCUT2D eigenvalue weighted by molar-refractivity contribution is 0.0933. The van der Waals surface area contributed by atoms with E-state index in [0.717, 1.165) is 12.8 Å². The second-order valence-corrected chi connectivity index (χ2v) is 4.83. The SMILES string of the molecule is CCCCCC(C)NC(=O)c1csc(N)n1. The number of unbranched alkanes of at least 4 members (excludes halogenated alkanes) is 2. The molecule has 1 heterocycles. The summed E-state index contributed by atoms with van der Waals surface area (Å²) >= 11 is 1.29. The number of carbonyl (C=O) groups is 1. The zero-order chi connectivity index (χ0) is 12.0. The molecule has 0 aromatic carbocycles. The molecule has 0 radical (unpaired) electrons. The van der Waals surface area contributed by atoms with E-state index in [1.165, 1.54) is 24.2 Å². The first-order valence-electron chi connectivity index (χ1n) is 5.65. The van der Waals surface area contributed by atoms with Crippen molar-refractivity contribution in [3.63, 3.8) is 0 Å². The van der Waals surface area contributed by atoms with Crippen LogP contribution in [-0.4, -0.2) is 16.9 Å². The highest BCUT2D eigenvalue weighted by molar-refractivity contribution is 7.13. The molecule has 16 heavy (non-hydrogen) atoms. The zero-order valence-electron chi connectivity index (χ0n) is 9.82. The maximum absolute atomic E-state index is 11.7. The molecule has 0 aliphatic carbocycles. The Balaban J connectivity index is 2.33. The molecule has 3 N–H and O–H groups in total. The quantitative estimate of drug-likeness (QED) is 0.752. The Labute approximate surface area is 100 Å². The Morgan fingerprint density at radius 2 is 2.38 bits per heavy atom. The summed E-state index contributed by atoms with van der Waals surface area (Å²) in [6.45, 7) is 4.19. The average Bonchev–Trinajstić information content (AvgIpc) is 2.65. The van der Waals surface area contributed by atoms with Gasteiger partial charge in [0.2, 0.25) is 0 Å². The molecule has 1 aromatic heterocycles. The van der Waals surface area contributed by atoms with Gasteiger partial charge in [-0.1, -0.05) is 26.2 Å². The molecular weight excluding hydrogens is 222 g/mol. The largest absolute Gasteiger partial charge is 0.375 e. The number of carbonyl (C=O) groups excluding carboxylic acids is 1. The van der Waals surface area contributed by atoms with Crippen LogP contribution >= 0.6 is 11.3 Å². The number of hydrogen-bond donors (Lipinski definition) is 2. The minimum Gasteiger partial charge on any atom is -0.375 e. The number of aromatic nitrogens is 1. The lowest BCUT2D eigenvalue weighted by Gasteiger charge is -2.12. The molecule has 0 saturated carbocycles. The number of rotatable bonds is 6. The normalized spacial score (nSPS) is 12.4. The number of hydrogen-bond acceptors (Lipinski definition) is 4. The highest BCUT2D eigenvalue weighted by Gasteiger charge is 2.12. The van der Waals surface area contributed by atoms with Crippen molar-refractivity contribution in [2.45, 2.75) is 45.6 Å². The molecule has 1 rings (SSSR count). The predicted molar refractivity (Wildman–Crippen MR) is 67.6 cm³/mol. The summed E-state index contributed by atoms with van der Waals surface area (Å²) in [4.78, 5) is 15.6. The first-order chi connectivity index (χ1) is 7.63. The molecule has 1 unspecified atom stereocenters. The molecule has 0 spiro atoms. The minimum absolute atomic E-state index is 0.128. The zero-order valence-corrected chi connectivity index (χ0v) is 10.6. The first-order valence-corrected chi connectivity index (χ1v) is 6.53. The lowest BCUT2D eigenvalue weighted by Crippen LogP contribution is -2.32. The summed E-state index contributed by atoms with van der Waals surface area (Å²) < 4.78 is 0. The maximum Gasteiger partial charge on any atom is 0.271 e. The van der Waals surface area contributed by atoms with Gasteiger partial charge in [-0.25, -0.2) is 4.98 Å². The third kappa shape index (κ3) is 4.18. The van der Waals surface area contributed by atoms with Gasteiger partial charge >= 0.3 is 0 Å². The summed E-state index contributed by atoms with van der Waals surface area (Å²) in [6, 6.07) is 0.196. The number of thiazole rings is 1. The van der Waals surface area contributed by atoms with Gasteiger partial charge in [-0.05, 0) is 13.3 Å². The first kappa shape index (κ1) is 13.0. The van der Waals surface area contributed by atoms with E-state index in [1.54, 1.807) is 5.38 Å². The highest BCUT2D eigenvalue weighted by atomic mass is 32.1. The van der Waals surface area contributed by atoms with Crippen LogP contribution < -0.4 is 11.1 Å². The van der Waals surface area contributed by atoms with E-state index in [9.17, 15) is 4.79 Å². The van der Waals surface area contributed by atoms with Crippen molar-refractivity contribution in [3.05, 3.63) is 11.1 Å². The molecule has 0 saturated heterocycles. The number of amides is 1. The van der Waals surface area contributed by atoms with Crippen molar-refractivity contribution in [1.29, 1.82) is 0 Å². The molecule has 5 heteroatoms. The number of nitrogens with two attached hydrogens (primary N) is 1. The fourth-order valence-electron chi connectivity index (χ4n) is 1.46. The molecule has 0 aliphatic heterocycles. The molecule has 1 atom stereocenters. The van der Waals surface area contributed by atoms with Crippen LogP contribution in [0.1, 0.15) is 50.0 Å². The number of anilines is 1. The summed E-state index contributed by atoms with van der Waals surface area (Å²) in [5.41, 5.74) is 5.89. The van der Waals surface area contributed by atoms with Crippen LogP contribution in [0.5, 0.6) is 0 Å². The Kier molecular flexibility index (Phi) is 5.25. The molecular formula is C11H19N3OS. The summed E-state index contributed by atoms with van der Waals surface area (Å²) in [6.07, 6.45) is 4.57. The average molecular weight is 241 g/mol. The van der Waals surface area contributed by atoms with Crippen LogP contribution in [0.2, 0.25) is 0 Å². The number of nitrogens with one attached hydrogen (secondary N) is 1. The van der Waals surface area contributed by atoms with Crippen molar-refractivity contribution >= 4 is 22.4 Å². The topological polar surface area (TPSA) is 68.0 Å². The Bertz CT molecular complexity index is 338. The molecule has 0 bridgehead atoms. The van der Waals surface area contributed by atoms with Gasteiger partial charge in [0, 0.05) is 11.4 Å². The van der Waals surface area contributed by atoms with Crippen LogP contribution in [0.4, 0.5) is 5.13 Å². The van der Waals surface area contributed by atoms with Crippen LogP contribution in [0.15, 0.2) is 5.38 Å². The third-order valence-corrected chi connectivity index (χ3v) is 3.05. The van der Waals surface area contributed by atoms with Gasteiger partial charge in [-0.3, -0.25) is 4.79 Å². The van der Waals surface area contributed by atoms with Crippen molar-refractivity contribution in [1.82, 2.24) is 10.3 Å². The second kappa shape index (κ2) is 6.48. The molecule has 1 amide bonds. The van der Waals surface area contributed by atoms with Gasteiger partial charge in [0.25, 0.3) is 5.91 Å². The summed E-state index contributed by atoms with van der Waals surface area (Å²) in [5, 5.41) is 5.04. The van der Waals surface area contributed by atoms with Crippen molar-refractivity contribution in [2.75, 3.05) is 5.73 Å². The van der Waals surface area contributed by atoms with Crippen LogP contribution in [0.25, 0.3) is 0 Å². The van der Waals surface area contributed by atoms with Gasteiger partial charge in [0.15, 0.2) is 5.13 Å². The fourth-order valence-corrected chi connectivity index (χ4v) is 2.01. The lowest BCUT2D eigenvalue weighted by atomic mass is 10.1. The smallest absolute Gasteiger partial charge is 0.271 e. The second-order valence-electron chi connectivity index (χ2n) is 3.94. The molecule has 0 fully saturated rings. The van der Waals surface area contributed by atoms with E-state index in [1.807, 2.05) is 6.92 Å². The third-order valence-electron chi connectivity index (χ3n) is 2.37. The fraction of sp³-hybridized carbons (Fsp3) is 0.636. The van der Waals surface area contributed by atoms with Crippen LogP contribution in [0.3, 0.4) is 0 Å². The van der Waals surface area contributed by atoms with Gasteiger partial charge in [0.05, 0.1) is 0 Å². The standard InChI is InChI=1S/C11H19N3OS/c1-3-4-5-6-8(2)13-10(15)9-7-16-11(12)14-9/h7-8H,3-6H2,1-2H3,(H2,12,14)(H,13,15). The summed E-state index contributed by atoms with van der Waals surface area (Å²) in [5.74, 6) is -0.128. The van der Waals surface area contributed by atoms with Gasteiger partial charge in [-0.15, -0.1) is 11.3 Å². The van der Waals surface area contributed by atoms with E-state index in [2.05, 4.69) is 17.2 Å². The van der Waals surface area contributed by atoms with Crippen LogP contribution in [0, 0.1) is 0 Å². The number of nitrogens with zero attached hydrogens (tertiary/aromatic N) is 1. The van der Waals surface area contributed by atoms with E-state index in [0.29, 0.717) is 10.8 Å². The minimum atomic E-state index is -0.128. The van der Waals surface area contributed by atoms with E-state index < -0.39 is 0 Å². The van der Waals surface area contributed by atoms with Gasteiger partial charge < -0.3 is 11.1 Å². The van der Waals surface area contributed by atoms with Crippen molar-refractivity contribution in [3.8, 4) is 0 Å². The predicted octanol–water partition coefficient (Wildman–Crippen LogP) is 2.42. The molecule has 1 aromatic rings. The van der Waals surface area contributed by atoms with Crippen LogP contribution in [-0.2, 0) is 0 Å². The molecule has 90 valence electrons. The van der Waals surface area contributed by atoms with Gasteiger partial charge in [-0.2, -0.15) is 0 Å². The van der Waals surface area contributed by atoms with E-state index in [-0.39, 0.29) is 11.9 Å². The van der Waals surface area contributed by atoms with Crippen molar-refractivity contribution in [2.24, 2.45) is 0 Å². The Morgan fingerprint density at radius 3 is 2.94 bits per heavy atom.